The van der Waals surface area contributed by atoms with Gasteiger partial charge in [-0.1, -0.05) is 41.5 Å². The third kappa shape index (κ3) is 29.1. The molecule has 0 saturated carbocycles. The minimum absolute atomic E-state index is 0. The summed E-state index contributed by atoms with van der Waals surface area (Å²) >= 11 is 0. The molecule has 2 unspecified atom stereocenters. The molecule has 0 saturated heterocycles. The topological polar surface area (TPSA) is 155 Å². The maximum absolute atomic E-state index is 10.8. The number of ketones is 2. The number of aliphatic hydroxyl groups excluding tert-OH is 2. The molecule has 0 aliphatic rings. The Kier molecular flexibility index (Phi) is 24.3. The molecule has 0 rings (SSSR count). The Balaban J connectivity index is -0.000000106. The second kappa shape index (κ2) is 18.6. The maximum atomic E-state index is 10.8. The summed E-state index contributed by atoms with van der Waals surface area (Å²) in [5.41, 5.74) is -1.10. The molecule has 0 radical (unpaired) electrons. The molecule has 0 spiro atoms. The SMILES string of the molecule is CC(=O)C(C(=O)[O-])C(C)(C)C.CC(=O)C(C(=O)[O-])C(C)(C)C.CC(C)O.CC(C)O.[Zr+2]. The first-order valence-corrected chi connectivity index (χ1v) is 9.78. The Hall–Kier alpha value is -0.917. The number of carboxylic acid groups (broad SMARTS) is 2. The van der Waals surface area contributed by atoms with E-state index in [-0.39, 0.29) is 50.0 Å². The van der Waals surface area contributed by atoms with Crippen LogP contribution >= 0.6 is 0 Å². The molecule has 9 heteroatoms. The number of hydrogen-bond acceptors (Lipinski definition) is 8. The van der Waals surface area contributed by atoms with Crippen molar-refractivity contribution < 1.29 is 65.8 Å². The minimum Gasteiger partial charge on any atom is -0.549 e. The van der Waals surface area contributed by atoms with E-state index in [9.17, 15) is 29.4 Å². The van der Waals surface area contributed by atoms with Gasteiger partial charge in [0.1, 0.15) is 11.6 Å². The van der Waals surface area contributed by atoms with E-state index in [2.05, 4.69) is 0 Å². The minimum atomic E-state index is -1.29. The summed E-state index contributed by atoms with van der Waals surface area (Å²) in [6, 6.07) is 0. The van der Waals surface area contributed by atoms with Gasteiger partial charge in [-0.15, -0.1) is 0 Å². The fourth-order valence-corrected chi connectivity index (χ4v) is 2.26. The van der Waals surface area contributed by atoms with Crippen molar-refractivity contribution in [3.8, 4) is 0 Å². The molecule has 0 aromatic heterocycles. The summed E-state index contributed by atoms with van der Waals surface area (Å²) < 4.78 is 0. The quantitative estimate of drug-likeness (QED) is 0.509. The fourth-order valence-electron chi connectivity index (χ4n) is 2.26. The molecule has 0 heterocycles. The van der Waals surface area contributed by atoms with Crippen molar-refractivity contribution in [3.05, 3.63) is 0 Å². The molecule has 0 aliphatic carbocycles. The summed E-state index contributed by atoms with van der Waals surface area (Å²) in [4.78, 5) is 42.5. The second-order valence-corrected chi connectivity index (χ2v) is 9.64. The number of aliphatic hydroxyl groups is 2. The van der Waals surface area contributed by atoms with Crippen LogP contribution in [-0.4, -0.2) is 45.9 Å². The number of rotatable bonds is 4. The smallest absolute Gasteiger partial charge is 0.549 e. The predicted molar refractivity (Wildman–Crippen MR) is 112 cm³/mol. The summed E-state index contributed by atoms with van der Waals surface area (Å²) in [6.45, 7) is 19.6. The van der Waals surface area contributed by atoms with E-state index in [1.165, 1.54) is 13.8 Å². The molecule has 2 N–H and O–H groups in total. The molecule has 2 atom stereocenters. The van der Waals surface area contributed by atoms with Gasteiger partial charge < -0.3 is 30.0 Å². The Morgan fingerprint density at radius 2 is 0.742 bits per heavy atom. The number of aliphatic carboxylic acids is 2. The molecule has 0 bridgehead atoms. The van der Waals surface area contributed by atoms with Crippen LogP contribution in [0.1, 0.15) is 83.1 Å². The third-order valence-corrected chi connectivity index (χ3v) is 3.02. The van der Waals surface area contributed by atoms with Crippen LogP contribution in [0.15, 0.2) is 0 Å². The molecule has 8 nitrogen and oxygen atoms in total. The Morgan fingerprint density at radius 3 is 0.742 bits per heavy atom. The molecule has 0 aliphatic heterocycles. The Morgan fingerprint density at radius 1 is 0.613 bits per heavy atom. The van der Waals surface area contributed by atoms with Crippen LogP contribution in [-0.2, 0) is 45.4 Å². The van der Waals surface area contributed by atoms with E-state index < -0.39 is 34.6 Å². The molecule has 182 valence electrons. The van der Waals surface area contributed by atoms with Crippen molar-refractivity contribution in [2.24, 2.45) is 22.7 Å². The standard InChI is InChI=1S/2C8H14O3.2C3H8O.Zr/c2*1-5(9)6(7(10)11)8(2,3)4;2*1-3(2)4;/h2*6H,1-4H3,(H,10,11);2*3-4H,1-2H3;/q;;;;+2/p-2. The first-order valence-electron chi connectivity index (χ1n) is 9.78. The van der Waals surface area contributed by atoms with Gasteiger partial charge in [-0.3, -0.25) is 9.59 Å². The molecule has 0 fully saturated rings. The molecule has 0 aromatic rings. The van der Waals surface area contributed by atoms with Crippen molar-refractivity contribution in [1.29, 1.82) is 0 Å². The van der Waals surface area contributed by atoms with Gasteiger partial charge in [0.15, 0.2) is 0 Å². The zero-order valence-electron chi connectivity index (χ0n) is 21.2. The van der Waals surface area contributed by atoms with Gasteiger partial charge in [0.05, 0.1) is 23.8 Å². The maximum Gasteiger partial charge on any atom is 2.00 e. The van der Waals surface area contributed by atoms with Crippen molar-refractivity contribution in [2.45, 2.75) is 95.3 Å². The predicted octanol–water partition coefficient (Wildman–Crippen LogP) is 0.747. The third-order valence-electron chi connectivity index (χ3n) is 3.02. The van der Waals surface area contributed by atoms with Crippen LogP contribution < -0.4 is 10.2 Å². The first-order chi connectivity index (χ1) is 13.0. The van der Waals surface area contributed by atoms with E-state index >= 15 is 0 Å². The van der Waals surface area contributed by atoms with Gasteiger partial charge in [0.2, 0.25) is 0 Å². The molecule has 0 amide bonds. The average molecular weight is 526 g/mol. The summed E-state index contributed by atoms with van der Waals surface area (Å²) in [6.07, 6.45) is -0.333. The van der Waals surface area contributed by atoms with Crippen molar-refractivity contribution >= 4 is 23.5 Å². The number of carboxylic acids is 2. The normalized spacial score (nSPS) is 12.4. The largest absolute Gasteiger partial charge is 2.00 e. The number of carbonyl (C=O) groups excluding carboxylic acids is 4. The number of Topliss-reactive ketones (excluding diaryl/α,β-unsaturated/α-hetero) is 2. The number of hydrogen-bond donors (Lipinski definition) is 2. The van der Waals surface area contributed by atoms with E-state index in [1.54, 1.807) is 69.2 Å². The van der Waals surface area contributed by atoms with E-state index in [0.29, 0.717) is 0 Å². The fraction of sp³-hybridized carbons (Fsp3) is 0.818. The van der Waals surface area contributed by atoms with E-state index in [0.717, 1.165) is 0 Å². The van der Waals surface area contributed by atoms with Gasteiger partial charge in [0.25, 0.3) is 0 Å². The zero-order chi connectivity index (χ0) is 25.6. The monoisotopic (exact) mass is 524 g/mol. The van der Waals surface area contributed by atoms with Gasteiger partial charge in [0, 0.05) is 12.2 Å². The van der Waals surface area contributed by atoms with E-state index in [4.69, 9.17) is 10.2 Å². The first kappa shape index (κ1) is 40.4. The Labute approximate surface area is 206 Å². The Bertz CT molecular complexity index is 447. The van der Waals surface area contributed by atoms with Crippen LogP contribution in [0.5, 0.6) is 0 Å². The van der Waals surface area contributed by atoms with Crippen LogP contribution in [0.25, 0.3) is 0 Å². The van der Waals surface area contributed by atoms with Crippen LogP contribution in [0.4, 0.5) is 0 Å². The van der Waals surface area contributed by atoms with Crippen LogP contribution in [0.3, 0.4) is 0 Å². The molecule has 0 aromatic carbocycles. The van der Waals surface area contributed by atoms with Crippen LogP contribution in [0, 0.1) is 22.7 Å². The molecular formula is C22H42O8Zr. The summed E-state index contributed by atoms with van der Waals surface area (Å²) in [7, 11) is 0. The zero-order valence-corrected chi connectivity index (χ0v) is 23.6. The van der Waals surface area contributed by atoms with Gasteiger partial charge in [-0.25, -0.2) is 0 Å². The van der Waals surface area contributed by atoms with Crippen molar-refractivity contribution in [3.63, 3.8) is 0 Å². The van der Waals surface area contributed by atoms with Gasteiger partial charge in [-0.2, -0.15) is 0 Å². The molecule has 31 heavy (non-hydrogen) atoms. The summed E-state index contributed by atoms with van der Waals surface area (Å²) in [5.74, 6) is -5.27. The van der Waals surface area contributed by atoms with Crippen LogP contribution in [0.2, 0.25) is 0 Å². The average Bonchev–Trinajstić information content (AvgIpc) is 2.30. The van der Waals surface area contributed by atoms with Gasteiger partial charge >= 0.3 is 26.2 Å². The van der Waals surface area contributed by atoms with E-state index in [1.807, 2.05) is 0 Å². The molecular weight excluding hydrogens is 483 g/mol. The number of carbonyl (C=O) groups is 4. The van der Waals surface area contributed by atoms with Crippen molar-refractivity contribution in [1.82, 2.24) is 0 Å². The van der Waals surface area contributed by atoms with Gasteiger partial charge in [-0.05, 0) is 52.4 Å². The van der Waals surface area contributed by atoms with Crippen molar-refractivity contribution in [2.75, 3.05) is 0 Å². The second-order valence-electron chi connectivity index (χ2n) is 9.64. The summed E-state index contributed by atoms with van der Waals surface area (Å²) in [5, 5.41) is 37.0.